The number of carbonyl (C=O) groups excluding carboxylic acids is 1. The zero-order chi connectivity index (χ0) is 18.3. The van der Waals surface area contributed by atoms with E-state index in [-0.39, 0.29) is 28.5 Å². The van der Waals surface area contributed by atoms with Gasteiger partial charge in [-0.05, 0) is 24.5 Å². The Morgan fingerprint density at radius 1 is 1.19 bits per heavy atom. The Labute approximate surface area is 156 Å². The van der Waals surface area contributed by atoms with Crippen LogP contribution in [0.1, 0.15) is 24.4 Å². The largest absolute Gasteiger partial charge is 0.482 e. The van der Waals surface area contributed by atoms with Crippen LogP contribution in [0.5, 0.6) is 5.75 Å². The Hall–Kier alpha value is -2.09. The van der Waals surface area contributed by atoms with Crippen LogP contribution in [0.15, 0.2) is 47.4 Å². The fourth-order valence-electron chi connectivity index (χ4n) is 3.44. The third-order valence-electron chi connectivity index (χ3n) is 4.64. The number of rotatable bonds is 3. The van der Waals surface area contributed by atoms with Gasteiger partial charge >= 0.3 is 0 Å². The first-order valence-electron chi connectivity index (χ1n) is 8.30. The summed E-state index contributed by atoms with van der Waals surface area (Å²) in [6.45, 7) is 0.289. The van der Waals surface area contributed by atoms with Crippen molar-refractivity contribution in [1.82, 2.24) is 4.31 Å². The number of hydrogen-bond acceptors (Lipinski definition) is 4. The van der Waals surface area contributed by atoms with Gasteiger partial charge in [0.25, 0.3) is 5.91 Å². The Morgan fingerprint density at radius 3 is 2.73 bits per heavy atom. The molecule has 0 spiro atoms. The van der Waals surface area contributed by atoms with Crippen molar-refractivity contribution in [2.45, 2.75) is 23.8 Å². The summed E-state index contributed by atoms with van der Waals surface area (Å²) >= 11 is 6.25. The van der Waals surface area contributed by atoms with E-state index >= 15 is 0 Å². The van der Waals surface area contributed by atoms with Crippen molar-refractivity contribution in [2.75, 3.05) is 18.5 Å². The van der Waals surface area contributed by atoms with Crippen LogP contribution in [0.4, 0.5) is 5.69 Å². The molecule has 0 saturated carbocycles. The summed E-state index contributed by atoms with van der Waals surface area (Å²) in [6.07, 6.45) is 1.55. The van der Waals surface area contributed by atoms with E-state index in [1.165, 1.54) is 16.4 Å². The summed E-state index contributed by atoms with van der Waals surface area (Å²) < 4.78 is 33.4. The highest BCUT2D eigenvalue weighted by atomic mass is 35.5. The van der Waals surface area contributed by atoms with Crippen LogP contribution >= 0.6 is 11.6 Å². The Balaban J connectivity index is 1.74. The molecule has 6 nitrogen and oxygen atoms in total. The normalized spacial score (nSPS) is 20.3. The number of anilines is 1. The van der Waals surface area contributed by atoms with E-state index in [4.69, 9.17) is 16.3 Å². The summed E-state index contributed by atoms with van der Waals surface area (Å²) in [5.74, 6) is 0.0101. The van der Waals surface area contributed by atoms with Gasteiger partial charge in [-0.1, -0.05) is 41.9 Å². The Bertz CT molecular complexity index is 963. The third kappa shape index (κ3) is 2.96. The SMILES string of the molecule is O=C1COc2cc(S(=O)(=O)N3CCCC3c3ccccc3)c(Cl)cc2N1. The molecule has 0 aliphatic carbocycles. The van der Waals surface area contributed by atoms with Crippen molar-refractivity contribution in [3.63, 3.8) is 0 Å². The van der Waals surface area contributed by atoms with Crippen LogP contribution in [0.25, 0.3) is 0 Å². The van der Waals surface area contributed by atoms with Gasteiger partial charge in [-0.15, -0.1) is 0 Å². The second-order valence-corrected chi connectivity index (χ2v) is 8.57. The first-order valence-corrected chi connectivity index (χ1v) is 10.1. The number of sulfonamides is 1. The molecule has 8 heteroatoms. The zero-order valence-electron chi connectivity index (χ0n) is 13.8. The molecule has 1 fully saturated rings. The minimum absolute atomic E-state index is 0.00287. The van der Waals surface area contributed by atoms with Crippen molar-refractivity contribution in [1.29, 1.82) is 0 Å². The predicted molar refractivity (Wildman–Crippen MR) is 97.9 cm³/mol. The van der Waals surface area contributed by atoms with E-state index in [9.17, 15) is 13.2 Å². The molecule has 0 aromatic heterocycles. The van der Waals surface area contributed by atoms with Gasteiger partial charge in [-0.2, -0.15) is 4.31 Å². The molecule has 2 aromatic rings. The smallest absolute Gasteiger partial charge is 0.262 e. The molecule has 4 rings (SSSR count). The van der Waals surface area contributed by atoms with Gasteiger partial charge in [0.1, 0.15) is 10.6 Å². The molecular weight excluding hydrogens is 376 g/mol. The van der Waals surface area contributed by atoms with Gasteiger partial charge in [0.15, 0.2) is 6.61 Å². The summed E-state index contributed by atoms with van der Waals surface area (Å²) in [6, 6.07) is 12.2. The fourth-order valence-corrected chi connectivity index (χ4v) is 5.64. The van der Waals surface area contributed by atoms with Gasteiger partial charge < -0.3 is 10.1 Å². The molecule has 26 heavy (non-hydrogen) atoms. The number of nitrogens with zero attached hydrogens (tertiary/aromatic N) is 1. The number of halogens is 1. The summed E-state index contributed by atoms with van der Waals surface area (Å²) in [7, 11) is -3.81. The number of fused-ring (bicyclic) bond motifs is 1. The summed E-state index contributed by atoms with van der Waals surface area (Å²) in [4.78, 5) is 11.4. The van der Waals surface area contributed by atoms with Gasteiger partial charge in [-0.25, -0.2) is 8.42 Å². The molecule has 2 aliphatic heterocycles. The summed E-state index contributed by atoms with van der Waals surface area (Å²) in [5.41, 5.74) is 1.34. The van der Waals surface area contributed by atoms with E-state index in [1.54, 1.807) is 0 Å². The molecule has 1 N–H and O–H groups in total. The fraction of sp³-hybridized carbons (Fsp3) is 0.278. The van der Waals surface area contributed by atoms with Crippen molar-refractivity contribution >= 4 is 33.2 Å². The van der Waals surface area contributed by atoms with E-state index in [1.807, 2.05) is 30.3 Å². The summed E-state index contributed by atoms with van der Waals surface area (Å²) in [5, 5.41) is 2.69. The number of hydrogen-bond donors (Lipinski definition) is 1. The zero-order valence-corrected chi connectivity index (χ0v) is 15.4. The van der Waals surface area contributed by atoms with E-state index < -0.39 is 10.0 Å². The first-order chi connectivity index (χ1) is 12.5. The Morgan fingerprint density at radius 2 is 1.96 bits per heavy atom. The van der Waals surface area contributed by atoms with Crippen LogP contribution in [-0.4, -0.2) is 31.8 Å². The first kappa shape index (κ1) is 17.3. The van der Waals surface area contributed by atoms with Crippen LogP contribution in [0.2, 0.25) is 5.02 Å². The number of ether oxygens (including phenoxy) is 1. The number of nitrogens with one attached hydrogen (secondary N) is 1. The molecule has 1 amide bonds. The van der Waals surface area contributed by atoms with Crippen LogP contribution in [0.3, 0.4) is 0 Å². The maximum absolute atomic E-state index is 13.3. The molecule has 2 heterocycles. The molecule has 0 radical (unpaired) electrons. The average Bonchev–Trinajstić information content (AvgIpc) is 3.12. The second-order valence-electron chi connectivity index (χ2n) is 6.30. The molecule has 1 unspecified atom stereocenters. The van der Waals surface area contributed by atoms with Crippen molar-refractivity contribution in [3.8, 4) is 5.75 Å². The highest BCUT2D eigenvalue weighted by Gasteiger charge is 2.38. The van der Waals surface area contributed by atoms with E-state index in [0.717, 1.165) is 18.4 Å². The van der Waals surface area contributed by atoms with Crippen molar-refractivity contribution < 1.29 is 17.9 Å². The molecule has 136 valence electrons. The van der Waals surface area contributed by atoms with E-state index in [0.29, 0.717) is 18.0 Å². The number of amides is 1. The lowest BCUT2D eigenvalue weighted by Crippen LogP contribution is -2.31. The van der Waals surface area contributed by atoms with Gasteiger partial charge in [0.05, 0.1) is 16.8 Å². The minimum Gasteiger partial charge on any atom is -0.482 e. The average molecular weight is 393 g/mol. The second kappa shape index (κ2) is 6.57. The molecular formula is C18H17ClN2O4S. The van der Waals surface area contributed by atoms with Gasteiger partial charge in [0.2, 0.25) is 10.0 Å². The molecule has 1 saturated heterocycles. The maximum atomic E-state index is 13.3. The number of benzene rings is 2. The maximum Gasteiger partial charge on any atom is 0.262 e. The van der Waals surface area contributed by atoms with Gasteiger partial charge in [0, 0.05) is 12.6 Å². The third-order valence-corrected chi connectivity index (χ3v) is 7.01. The molecule has 0 bridgehead atoms. The van der Waals surface area contributed by atoms with Crippen molar-refractivity contribution in [3.05, 3.63) is 53.1 Å². The van der Waals surface area contributed by atoms with Crippen molar-refractivity contribution in [2.24, 2.45) is 0 Å². The molecule has 2 aliphatic rings. The molecule has 2 aromatic carbocycles. The highest BCUT2D eigenvalue weighted by Crippen LogP contribution is 2.41. The highest BCUT2D eigenvalue weighted by molar-refractivity contribution is 7.89. The lowest BCUT2D eigenvalue weighted by Gasteiger charge is -2.26. The topological polar surface area (TPSA) is 75.7 Å². The standard InChI is InChI=1S/C18H17ClN2O4S/c19-13-9-14-16(25-11-18(22)20-14)10-17(13)26(23,24)21-8-4-7-15(21)12-5-2-1-3-6-12/h1-3,5-6,9-10,15H,4,7-8,11H2,(H,20,22). The van der Waals surface area contributed by atoms with Crippen LogP contribution in [-0.2, 0) is 14.8 Å². The lowest BCUT2D eigenvalue weighted by atomic mass is 10.1. The van der Waals surface area contributed by atoms with E-state index in [2.05, 4.69) is 5.32 Å². The lowest BCUT2D eigenvalue weighted by molar-refractivity contribution is -0.118. The minimum atomic E-state index is -3.81. The van der Waals surface area contributed by atoms with Crippen LogP contribution in [0, 0.1) is 0 Å². The van der Waals surface area contributed by atoms with Gasteiger partial charge in [-0.3, -0.25) is 4.79 Å². The Kier molecular flexibility index (Phi) is 4.38. The quantitative estimate of drug-likeness (QED) is 0.870. The predicted octanol–water partition coefficient (Wildman–Crippen LogP) is 3.20. The number of carbonyl (C=O) groups is 1. The molecule has 1 atom stereocenters. The monoisotopic (exact) mass is 392 g/mol. The van der Waals surface area contributed by atoms with Crippen LogP contribution < -0.4 is 10.1 Å².